The molecule has 0 saturated heterocycles. The van der Waals surface area contributed by atoms with Crippen molar-refractivity contribution in [2.45, 2.75) is 13.3 Å². The molecule has 0 radical (unpaired) electrons. The number of benzene rings is 1. The fourth-order valence-corrected chi connectivity index (χ4v) is 1.77. The van der Waals surface area contributed by atoms with Crippen molar-refractivity contribution in [3.63, 3.8) is 0 Å². The van der Waals surface area contributed by atoms with Gasteiger partial charge in [-0.05, 0) is 6.42 Å². The van der Waals surface area contributed by atoms with Gasteiger partial charge in [-0.15, -0.1) is 0 Å². The Labute approximate surface area is 92.1 Å². The Morgan fingerprint density at radius 1 is 1.38 bits per heavy atom. The van der Waals surface area contributed by atoms with Crippen LogP contribution >= 0.6 is 0 Å². The predicted molar refractivity (Wildman–Crippen MR) is 57.5 cm³/mol. The van der Waals surface area contributed by atoms with Gasteiger partial charge in [-0.1, -0.05) is 6.92 Å². The predicted octanol–water partition coefficient (Wildman–Crippen LogP) is 2.13. The summed E-state index contributed by atoms with van der Waals surface area (Å²) >= 11 is 0. The van der Waals surface area contributed by atoms with Crippen molar-refractivity contribution in [3.05, 3.63) is 23.8 Å². The van der Waals surface area contributed by atoms with E-state index in [1.54, 1.807) is 0 Å². The summed E-state index contributed by atoms with van der Waals surface area (Å²) in [5, 5.41) is 2.77. The molecule has 0 saturated carbocycles. The molecule has 0 aliphatic carbocycles. The van der Waals surface area contributed by atoms with Crippen molar-refractivity contribution in [1.82, 2.24) is 0 Å². The van der Waals surface area contributed by atoms with Crippen molar-refractivity contribution < 1.29 is 13.6 Å². The number of halogens is 2. The molecule has 0 atom stereocenters. The molecule has 86 valence electrons. The van der Waals surface area contributed by atoms with E-state index in [0.717, 1.165) is 18.6 Å². The highest BCUT2D eigenvalue weighted by atomic mass is 19.2. The highest BCUT2D eigenvalue weighted by molar-refractivity contribution is 6.02. The first-order valence-corrected chi connectivity index (χ1v) is 5.16. The van der Waals surface area contributed by atoms with Crippen LogP contribution in [0, 0.1) is 11.6 Å². The summed E-state index contributed by atoms with van der Waals surface area (Å²) in [6, 6.07) is 2.14. The largest absolute Gasteiger partial charge is 0.374 e. The van der Waals surface area contributed by atoms with Gasteiger partial charge >= 0.3 is 0 Å². The van der Waals surface area contributed by atoms with E-state index >= 15 is 0 Å². The molecule has 1 aliphatic rings. The van der Waals surface area contributed by atoms with Gasteiger partial charge in [0.1, 0.15) is 0 Å². The maximum Gasteiger partial charge on any atom is 0.246 e. The monoisotopic (exact) mass is 226 g/mol. The van der Waals surface area contributed by atoms with Crippen LogP contribution in [0.5, 0.6) is 0 Å². The van der Waals surface area contributed by atoms with Crippen molar-refractivity contribution >= 4 is 17.3 Å². The van der Waals surface area contributed by atoms with Crippen molar-refractivity contribution in [2.75, 3.05) is 23.3 Å². The second kappa shape index (κ2) is 4.08. The number of carbonyl (C=O) groups is 1. The Morgan fingerprint density at radius 3 is 2.75 bits per heavy atom. The van der Waals surface area contributed by atoms with Crippen LogP contribution in [0.3, 0.4) is 0 Å². The molecule has 1 amide bonds. The Hall–Kier alpha value is -1.65. The van der Waals surface area contributed by atoms with Crippen molar-refractivity contribution in [3.8, 4) is 0 Å². The van der Waals surface area contributed by atoms with Gasteiger partial charge in [-0.2, -0.15) is 0 Å². The molecule has 0 aromatic heterocycles. The third-order valence-electron chi connectivity index (χ3n) is 2.51. The molecule has 1 heterocycles. The zero-order valence-electron chi connectivity index (χ0n) is 8.89. The number of anilines is 2. The topological polar surface area (TPSA) is 32.3 Å². The molecule has 1 aromatic carbocycles. The maximum atomic E-state index is 13.1. The smallest absolute Gasteiger partial charge is 0.246 e. The zero-order chi connectivity index (χ0) is 11.7. The number of carbonyl (C=O) groups excluding carboxylic acids is 1. The van der Waals surface area contributed by atoms with E-state index in [4.69, 9.17) is 0 Å². The summed E-state index contributed by atoms with van der Waals surface area (Å²) in [7, 11) is 0. The average molecular weight is 226 g/mol. The van der Waals surface area contributed by atoms with Crippen LogP contribution < -0.4 is 10.2 Å². The molecule has 16 heavy (non-hydrogen) atoms. The average Bonchev–Trinajstić information content (AvgIpc) is 2.25. The lowest BCUT2D eigenvalue weighted by Crippen LogP contribution is -2.40. The summed E-state index contributed by atoms with van der Waals surface area (Å²) in [5.74, 6) is -1.96. The van der Waals surface area contributed by atoms with Crippen molar-refractivity contribution in [1.29, 1.82) is 0 Å². The standard InChI is InChI=1S/C11H12F2N2O/c1-2-3-15-10-5-8(13)7(12)4-9(10)14-6-11(15)16/h4-5,14H,2-3,6H2,1H3. The third kappa shape index (κ3) is 1.73. The summed E-state index contributed by atoms with van der Waals surface area (Å²) in [4.78, 5) is 13.1. The van der Waals surface area contributed by atoms with Crippen LogP contribution in [0.25, 0.3) is 0 Å². The minimum absolute atomic E-state index is 0.123. The normalized spacial score (nSPS) is 14.7. The molecular formula is C11H12F2N2O. The number of fused-ring (bicyclic) bond motifs is 1. The van der Waals surface area contributed by atoms with Crippen LogP contribution in [-0.4, -0.2) is 19.0 Å². The zero-order valence-corrected chi connectivity index (χ0v) is 8.89. The fraction of sp³-hybridized carbons (Fsp3) is 0.364. The molecule has 2 rings (SSSR count). The molecule has 0 unspecified atom stereocenters. The highest BCUT2D eigenvalue weighted by Gasteiger charge is 2.24. The Kier molecular flexibility index (Phi) is 2.77. The lowest BCUT2D eigenvalue weighted by molar-refractivity contribution is -0.117. The number of rotatable bonds is 2. The Bertz CT molecular complexity index is 434. The number of nitrogens with one attached hydrogen (secondary N) is 1. The van der Waals surface area contributed by atoms with Gasteiger partial charge in [0.15, 0.2) is 11.6 Å². The van der Waals surface area contributed by atoms with E-state index in [-0.39, 0.29) is 12.5 Å². The molecule has 3 nitrogen and oxygen atoms in total. The van der Waals surface area contributed by atoms with E-state index < -0.39 is 11.6 Å². The molecule has 1 aliphatic heterocycles. The fourth-order valence-electron chi connectivity index (χ4n) is 1.77. The van der Waals surface area contributed by atoms with E-state index in [0.29, 0.717) is 17.9 Å². The molecular weight excluding hydrogens is 214 g/mol. The number of nitrogens with zero attached hydrogens (tertiary/aromatic N) is 1. The van der Waals surface area contributed by atoms with Gasteiger partial charge in [-0.3, -0.25) is 4.79 Å². The lowest BCUT2D eigenvalue weighted by Gasteiger charge is -2.30. The van der Waals surface area contributed by atoms with Crippen molar-refractivity contribution in [2.24, 2.45) is 0 Å². The summed E-state index contributed by atoms with van der Waals surface area (Å²) in [5.41, 5.74) is 0.879. The van der Waals surface area contributed by atoms with Crippen LogP contribution in [-0.2, 0) is 4.79 Å². The summed E-state index contributed by atoms with van der Waals surface area (Å²) < 4.78 is 26.1. The van der Waals surface area contributed by atoms with Gasteiger partial charge in [0.2, 0.25) is 5.91 Å². The maximum absolute atomic E-state index is 13.1. The van der Waals surface area contributed by atoms with Crippen LogP contribution in [0.15, 0.2) is 12.1 Å². The van der Waals surface area contributed by atoms with Crippen LogP contribution in [0.2, 0.25) is 0 Å². The number of amides is 1. The summed E-state index contributed by atoms with van der Waals surface area (Å²) in [6.07, 6.45) is 0.768. The molecule has 0 spiro atoms. The number of hydrogen-bond donors (Lipinski definition) is 1. The van der Waals surface area contributed by atoms with E-state index in [2.05, 4.69) is 5.32 Å². The minimum Gasteiger partial charge on any atom is -0.374 e. The SMILES string of the molecule is CCCN1C(=O)CNc2cc(F)c(F)cc21. The summed E-state index contributed by atoms with van der Waals surface area (Å²) in [6.45, 7) is 2.56. The molecule has 1 N–H and O–H groups in total. The Morgan fingerprint density at radius 2 is 2.06 bits per heavy atom. The van der Waals surface area contributed by atoms with Crippen LogP contribution in [0.4, 0.5) is 20.2 Å². The second-order valence-electron chi connectivity index (χ2n) is 3.68. The van der Waals surface area contributed by atoms with Crippen LogP contribution in [0.1, 0.15) is 13.3 Å². The highest BCUT2D eigenvalue weighted by Crippen LogP contribution is 2.31. The quantitative estimate of drug-likeness (QED) is 0.837. The van der Waals surface area contributed by atoms with Gasteiger partial charge < -0.3 is 10.2 Å². The van der Waals surface area contributed by atoms with Gasteiger partial charge in [0.05, 0.1) is 17.9 Å². The minimum atomic E-state index is -0.934. The van der Waals surface area contributed by atoms with Gasteiger partial charge in [-0.25, -0.2) is 8.78 Å². The van der Waals surface area contributed by atoms with E-state index in [1.165, 1.54) is 4.90 Å². The number of hydrogen-bond acceptors (Lipinski definition) is 2. The third-order valence-corrected chi connectivity index (χ3v) is 2.51. The van der Waals surface area contributed by atoms with E-state index in [1.807, 2.05) is 6.92 Å². The Balaban J connectivity index is 2.46. The molecule has 1 aromatic rings. The first kappa shape index (κ1) is 10.9. The molecule has 0 bridgehead atoms. The van der Waals surface area contributed by atoms with E-state index in [9.17, 15) is 13.6 Å². The molecule has 5 heteroatoms. The second-order valence-corrected chi connectivity index (χ2v) is 3.68. The first-order valence-electron chi connectivity index (χ1n) is 5.16. The first-order chi connectivity index (χ1) is 7.63. The lowest BCUT2D eigenvalue weighted by atomic mass is 10.1. The van der Waals surface area contributed by atoms with Gasteiger partial charge in [0.25, 0.3) is 0 Å². The van der Waals surface area contributed by atoms with Gasteiger partial charge in [0, 0.05) is 18.7 Å². The molecule has 0 fully saturated rings.